The molecule has 0 aliphatic carbocycles. The Labute approximate surface area is 392 Å². The van der Waals surface area contributed by atoms with Crippen molar-refractivity contribution in [3.05, 3.63) is 306 Å². The minimum Gasteiger partial charge on any atom is -0.309 e. The van der Waals surface area contributed by atoms with Crippen LogP contribution in [0.3, 0.4) is 0 Å². The van der Waals surface area contributed by atoms with Gasteiger partial charge in [-0.3, -0.25) is 0 Å². The Morgan fingerprint density at radius 3 is 1.24 bits per heavy atom. The topological polar surface area (TPSA) is 4.93 Å². The minimum absolute atomic E-state index is 0.0403. The number of para-hydroxylation sites is 1. The summed E-state index contributed by atoms with van der Waals surface area (Å²) in [6.45, 7) is 0. The largest absolute Gasteiger partial charge is 0.309 e. The van der Waals surface area contributed by atoms with Crippen molar-refractivity contribution in [2.24, 2.45) is 0 Å². The smallest absolute Gasteiger partial charge is 0.0547 e. The third-order valence-corrected chi connectivity index (χ3v) is 13.6. The number of benzene rings is 11. The van der Waals surface area contributed by atoms with Crippen molar-refractivity contribution in [3.63, 3.8) is 0 Å². The van der Waals surface area contributed by atoms with Crippen molar-refractivity contribution >= 4 is 32.6 Å². The number of nitrogens with zero attached hydrogens (tertiary/aromatic N) is 1. The molecule has 316 valence electrons. The lowest BCUT2D eigenvalue weighted by Gasteiger charge is -2.25. The van der Waals surface area contributed by atoms with E-state index in [1.807, 2.05) is 0 Å². The molecule has 0 amide bonds. The van der Waals surface area contributed by atoms with Crippen molar-refractivity contribution in [2.75, 3.05) is 0 Å². The zero-order valence-electron chi connectivity index (χ0n) is 37.1. The lowest BCUT2D eigenvalue weighted by Crippen LogP contribution is -2.08. The molecular formula is C66H47N. The molecule has 0 aliphatic heterocycles. The second kappa shape index (κ2) is 17.5. The van der Waals surface area contributed by atoms with Crippen LogP contribution in [0.5, 0.6) is 0 Å². The maximum absolute atomic E-state index is 2.49. The molecule has 1 heteroatoms. The van der Waals surface area contributed by atoms with Crippen molar-refractivity contribution in [1.29, 1.82) is 0 Å². The summed E-state index contributed by atoms with van der Waals surface area (Å²) in [5, 5.41) is 4.94. The molecule has 0 aliphatic rings. The maximum Gasteiger partial charge on any atom is 0.0547 e. The summed E-state index contributed by atoms with van der Waals surface area (Å²) in [6.07, 6.45) is 0. The zero-order valence-corrected chi connectivity index (χ0v) is 37.1. The van der Waals surface area contributed by atoms with Crippen LogP contribution in [-0.2, 0) is 0 Å². The van der Waals surface area contributed by atoms with E-state index in [4.69, 9.17) is 0 Å². The summed E-state index contributed by atoms with van der Waals surface area (Å²) in [7, 11) is 0. The Kier molecular flexibility index (Phi) is 10.4. The van der Waals surface area contributed by atoms with Gasteiger partial charge in [-0.15, -0.1) is 0 Å². The third kappa shape index (κ3) is 7.61. The maximum atomic E-state index is 2.49. The molecule has 12 aromatic rings. The predicted octanol–water partition coefficient (Wildman–Crippen LogP) is 17.3. The summed E-state index contributed by atoms with van der Waals surface area (Å²) in [6, 6.07) is 101. The lowest BCUT2D eigenvalue weighted by atomic mass is 9.78. The van der Waals surface area contributed by atoms with Crippen LogP contribution in [0.4, 0.5) is 0 Å². The summed E-state index contributed by atoms with van der Waals surface area (Å²) < 4.78 is 2.48. The first-order chi connectivity index (χ1) is 33.2. The first-order valence-corrected chi connectivity index (χ1v) is 23.3. The first-order valence-electron chi connectivity index (χ1n) is 23.3. The van der Waals surface area contributed by atoms with Gasteiger partial charge in [0.15, 0.2) is 0 Å². The fourth-order valence-corrected chi connectivity index (χ4v) is 10.5. The molecule has 67 heavy (non-hydrogen) atoms. The molecule has 1 aromatic heterocycles. The molecule has 0 bridgehead atoms. The van der Waals surface area contributed by atoms with Gasteiger partial charge in [-0.05, 0) is 90.3 Å². The number of aromatic nitrogens is 1. The number of fused-ring (bicyclic) bond motifs is 4. The Balaban J connectivity index is 1.12. The Bertz CT molecular complexity index is 3530. The molecule has 0 spiro atoms. The number of rotatable bonds is 10. The van der Waals surface area contributed by atoms with Crippen LogP contribution in [0.25, 0.3) is 71.6 Å². The van der Waals surface area contributed by atoms with Gasteiger partial charge in [-0.25, -0.2) is 0 Å². The highest BCUT2D eigenvalue weighted by molar-refractivity contribution is 6.11. The second-order valence-electron chi connectivity index (χ2n) is 17.6. The zero-order chi connectivity index (χ0) is 44.5. The number of hydrogen-bond donors (Lipinski definition) is 0. The summed E-state index contributed by atoms with van der Waals surface area (Å²) in [5.74, 6) is -0.0806. The highest BCUT2D eigenvalue weighted by atomic mass is 15.0. The standard InChI is InChI=1S/C66H47N/c1-5-20-46(21-6-1)51-30-17-32-54(40-51)65(49-25-9-3-10-26-49)57-42-56(43-58(44-57)66(50-27-11-4-12-28-50)55-33-18-31-52(41-55)47-22-7-2-8-23-47)53-38-39-61-60-35-15-16-36-63(60)67(64(61)45-53)62-37-19-29-48-24-13-14-34-59(48)62/h1-45,65-66H. The van der Waals surface area contributed by atoms with E-state index in [-0.39, 0.29) is 11.8 Å². The van der Waals surface area contributed by atoms with Gasteiger partial charge in [-0.1, -0.05) is 255 Å². The van der Waals surface area contributed by atoms with Crippen molar-refractivity contribution in [2.45, 2.75) is 11.8 Å². The molecule has 2 atom stereocenters. The fraction of sp³-hybridized carbons (Fsp3) is 0.0303. The van der Waals surface area contributed by atoms with Gasteiger partial charge < -0.3 is 4.57 Å². The summed E-state index contributed by atoms with van der Waals surface area (Å²) in [5.41, 5.74) is 18.3. The SMILES string of the molecule is c1ccc(-c2cccc(C(c3ccccc3)c3cc(-c4ccc5c6ccccc6n(-c6cccc7ccccc67)c5c4)cc(C(c4ccccc4)c4cccc(-c5ccccc5)c4)c3)c2)cc1. The lowest BCUT2D eigenvalue weighted by molar-refractivity contribution is 0.941. The van der Waals surface area contributed by atoms with Crippen LogP contribution in [0.15, 0.2) is 273 Å². The monoisotopic (exact) mass is 853 g/mol. The van der Waals surface area contributed by atoms with E-state index >= 15 is 0 Å². The fourth-order valence-electron chi connectivity index (χ4n) is 10.5. The second-order valence-corrected chi connectivity index (χ2v) is 17.6. The highest BCUT2D eigenvalue weighted by Crippen LogP contribution is 2.43. The molecule has 12 rings (SSSR count). The molecule has 0 saturated heterocycles. The van der Waals surface area contributed by atoms with E-state index < -0.39 is 0 Å². The molecule has 0 saturated carbocycles. The molecule has 0 fully saturated rings. The van der Waals surface area contributed by atoms with E-state index in [0.29, 0.717) is 0 Å². The van der Waals surface area contributed by atoms with Gasteiger partial charge in [0.25, 0.3) is 0 Å². The van der Waals surface area contributed by atoms with E-state index in [2.05, 4.69) is 278 Å². The quantitative estimate of drug-likeness (QED) is 0.121. The van der Waals surface area contributed by atoms with Gasteiger partial charge >= 0.3 is 0 Å². The Morgan fingerprint density at radius 1 is 0.224 bits per heavy atom. The van der Waals surface area contributed by atoms with Gasteiger partial charge in [-0.2, -0.15) is 0 Å². The molecular weight excluding hydrogens is 807 g/mol. The Hall–Kier alpha value is -8.52. The summed E-state index contributed by atoms with van der Waals surface area (Å²) >= 11 is 0. The average Bonchev–Trinajstić information content (AvgIpc) is 3.73. The predicted molar refractivity (Wildman–Crippen MR) is 282 cm³/mol. The van der Waals surface area contributed by atoms with Crippen LogP contribution in [0, 0.1) is 0 Å². The van der Waals surface area contributed by atoms with Crippen molar-refractivity contribution < 1.29 is 0 Å². The van der Waals surface area contributed by atoms with Crippen LogP contribution < -0.4 is 0 Å². The van der Waals surface area contributed by atoms with Gasteiger partial charge in [0.05, 0.1) is 16.7 Å². The van der Waals surface area contributed by atoms with E-state index in [1.165, 1.54) is 105 Å². The normalized spacial score (nSPS) is 12.4. The van der Waals surface area contributed by atoms with E-state index in [1.54, 1.807) is 0 Å². The summed E-state index contributed by atoms with van der Waals surface area (Å²) in [4.78, 5) is 0. The van der Waals surface area contributed by atoms with E-state index in [9.17, 15) is 0 Å². The third-order valence-electron chi connectivity index (χ3n) is 13.6. The molecule has 1 nitrogen and oxygen atoms in total. The van der Waals surface area contributed by atoms with Crippen LogP contribution in [0.2, 0.25) is 0 Å². The van der Waals surface area contributed by atoms with Crippen molar-refractivity contribution in [1.82, 2.24) is 4.57 Å². The van der Waals surface area contributed by atoms with Crippen LogP contribution in [-0.4, -0.2) is 4.57 Å². The van der Waals surface area contributed by atoms with Crippen molar-refractivity contribution in [3.8, 4) is 39.1 Å². The first kappa shape index (κ1) is 40.0. The minimum atomic E-state index is -0.0403. The molecule has 0 radical (unpaired) electrons. The van der Waals surface area contributed by atoms with E-state index in [0.717, 1.165) is 0 Å². The molecule has 2 unspecified atom stereocenters. The van der Waals surface area contributed by atoms with Crippen LogP contribution >= 0.6 is 0 Å². The van der Waals surface area contributed by atoms with Gasteiger partial charge in [0.2, 0.25) is 0 Å². The van der Waals surface area contributed by atoms with Gasteiger partial charge in [0.1, 0.15) is 0 Å². The van der Waals surface area contributed by atoms with Crippen LogP contribution in [0.1, 0.15) is 45.2 Å². The molecule has 0 N–H and O–H groups in total. The molecule has 11 aromatic carbocycles. The average molecular weight is 854 g/mol. The highest BCUT2D eigenvalue weighted by Gasteiger charge is 2.25. The van der Waals surface area contributed by atoms with Gasteiger partial charge in [0, 0.05) is 28.0 Å². The number of hydrogen-bond acceptors (Lipinski definition) is 0. The Morgan fingerprint density at radius 2 is 0.642 bits per heavy atom. The molecule has 1 heterocycles.